The molecule has 24 heavy (non-hydrogen) atoms. The molecular formula is C18H25Cl2N3O. The van der Waals surface area contributed by atoms with E-state index in [1.165, 1.54) is 12.8 Å². The maximum Gasteiger partial charge on any atom is 0.226 e. The van der Waals surface area contributed by atoms with Crippen LogP contribution in [0.25, 0.3) is 11.5 Å². The predicted molar refractivity (Wildman–Crippen MR) is 101 cm³/mol. The molecule has 0 bridgehead atoms. The van der Waals surface area contributed by atoms with Crippen LogP contribution >= 0.6 is 24.0 Å². The van der Waals surface area contributed by atoms with Gasteiger partial charge in [0.1, 0.15) is 6.26 Å². The quantitative estimate of drug-likeness (QED) is 0.826. The van der Waals surface area contributed by atoms with Crippen LogP contribution in [0.2, 0.25) is 5.02 Å². The number of hydrogen-bond donors (Lipinski definition) is 1. The van der Waals surface area contributed by atoms with E-state index in [9.17, 15) is 0 Å². The average molecular weight is 370 g/mol. The van der Waals surface area contributed by atoms with Crippen LogP contribution in [0.15, 0.2) is 34.9 Å². The third kappa shape index (κ3) is 5.21. The van der Waals surface area contributed by atoms with Gasteiger partial charge >= 0.3 is 0 Å². The molecule has 3 rings (SSSR count). The Balaban J connectivity index is 0.00000208. The summed E-state index contributed by atoms with van der Waals surface area (Å²) in [7, 11) is 0. The summed E-state index contributed by atoms with van der Waals surface area (Å²) in [6.07, 6.45) is 4.29. The van der Waals surface area contributed by atoms with E-state index in [2.05, 4.69) is 22.1 Å². The second kappa shape index (κ2) is 9.42. The zero-order valence-corrected chi connectivity index (χ0v) is 15.6. The Bertz CT molecular complexity index is 607. The van der Waals surface area contributed by atoms with E-state index >= 15 is 0 Å². The van der Waals surface area contributed by atoms with E-state index in [1.807, 2.05) is 24.3 Å². The molecule has 1 aliphatic rings. The summed E-state index contributed by atoms with van der Waals surface area (Å²) in [6.45, 7) is 7.52. The first-order chi connectivity index (χ1) is 11.2. The third-order valence-corrected chi connectivity index (χ3v) is 4.67. The van der Waals surface area contributed by atoms with Crippen LogP contribution in [0.1, 0.15) is 25.5 Å². The van der Waals surface area contributed by atoms with E-state index in [0.717, 1.165) is 54.9 Å². The Labute approximate surface area is 155 Å². The predicted octanol–water partition coefficient (Wildman–Crippen LogP) is 4.24. The summed E-state index contributed by atoms with van der Waals surface area (Å²) < 4.78 is 5.62. The first-order valence-electron chi connectivity index (χ1n) is 8.38. The van der Waals surface area contributed by atoms with Crippen molar-refractivity contribution in [2.45, 2.75) is 26.3 Å². The second-order valence-electron chi connectivity index (χ2n) is 6.18. The molecule has 0 unspecified atom stereocenters. The summed E-state index contributed by atoms with van der Waals surface area (Å²) in [5, 5.41) is 4.18. The van der Waals surface area contributed by atoms with Crippen molar-refractivity contribution in [3.63, 3.8) is 0 Å². The van der Waals surface area contributed by atoms with Crippen molar-refractivity contribution in [1.29, 1.82) is 0 Å². The number of likely N-dealkylation sites (tertiary alicyclic amines) is 1. The number of benzene rings is 1. The summed E-state index contributed by atoms with van der Waals surface area (Å²) in [4.78, 5) is 7.07. The van der Waals surface area contributed by atoms with E-state index in [0.29, 0.717) is 5.89 Å². The SMILES string of the molecule is CCNCC1CCN(Cc2coc(-c3ccc(Cl)cc3)n2)CC1.Cl. The van der Waals surface area contributed by atoms with Gasteiger partial charge in [-0.3, -0.25) is 4.90 Å². The molecule has 2 aromatic rings. The van der Waals surface area contributed by atoms with Crippen molar-refractivity contribution >= 4 is 24.0 Å². The van der Waals surface area contributed by atoms with Crippen LogP contribution < -0.4 is 5.32 Å². The molecule has 1 saturated heterocycles. The smallest absolute Gasteiger partial charge is 0.226 e. The van der Waals surface area contributed by atoms with Crippen molar-refractivity contribution < 1.29 is 4.42 Å². The maximum atomic E-state index is 5.91. The first-order valence-corrected chi connectivity index (χ1v) is 8.76. The van der Waals surface area contributed by atoms with Gasteiger partial charge in [0, 0.05) is 17.1 Å². The number of piperidine rings is 1. The Morgan fingerprint density at radius 3 is 2.62 bits per heavy atom. The molecule has 1 aliphatic heterocycles. The van der Waals surface area contributed by atoms with Crippen LogP contribution in [0, 0.1) is 5.92 Å². The van der Waals surface area contributed by atoms with E-state index in [-0.39, 0.29) is 12.4 Å². The molecule has 0 amide bonds. The highest BCUT2D eigenvalue weighted by molar-refractivity contribution is 6.30. The highest BCUT2D eigenvalue weighted by Crippen LogP contribution is 2.23. The van der Waals surface area contributed by atoms with E-state index in [1.54, 1.807) is 6.26 Å². The minimum Gasteiger partial charge on any atom is -0.444 e. The van der Waals surface area contributed by atoms with Gasteiger partial charge in [-0.1, -0.05) is 18.5 Å². The van der Waals surface area contributed by atoms with Gasteiger partial charge in [0.2, 0.25) is 5.89 Å². The van der Waals surface area contributed by atoms with Crippen LogP contribution in [0.4, 0.5) is 0 Å². The lowest BCUT2D eigenvalue weighted by atomic mass is 9.97. The fraction of sp³-hybridized carbons (Fsp3) is 0.500. The molecule has 0 saturated carbocycles. The lowest BCUT2D eigenvalue weighted by Crippen LogP contribution is -2.36. The highest BCUT2D eigenvalue weighted by atomic mass is 35.5. The first kappa shape index (κ1) is 19.3. The highest BCUT2D eigenvalue weighted by Gasteiger charge is 2.20. The molecule has 1 N–H and O–H groups in total. The van der Waals surface area contributed by atoms with Gasteiger partial charge in [0.05, 0.1) is 5.69 Å². The van der Waals surface area contributed by atoms with Gasteiger partial charge in [0.15, 0.2) is 0 Å². The average Bonchev–Trinajstić information content (AvgIpc) is 3.03. The molecular weight excluding hydrogens is 345 g/mol. The summed E-state index contributed by atoms with van der Waals surface area (Å²) in [6, 6.07) is 7.58. The van der Waals surface area contributed by atoms with Gasteiger partial charge in [-0.15, -0.1) is 12.4 Å². The Hall–Kier alpha value is -1.07. The normalized spacial score (nSPS) is 16.1. The van der Waals surface area contributed by atoms with Crippen LogP contribution in [-0.2, 0) is 6.54 Å². The lowest BCUT2D eigenvalue weighted by molar-refractivity contribution is 0.174. The van der Waals surface area contributed by atoms with Gasteiger partial charge in [-0.05, 0) is 69.2 Å². The monoisotopic (exact) mass is 369 g/mol. The molecule has 132 valence electrons. The Morgan fingerprint density at radius 2 is 1.96 bits per heavy atom. The number of oxazole rings is 1. The number of nitrogens with zero attached hydrogens (tertiary/aromatic N) is 2. The number of nitrogens with one attached hydrogen (secondary N) is 1. The zero-order valence-electron chi connectivity index (χ0n) is 14.0. The molecule has 1 fully saturated rings. The minimum absolute atomic E-state index is 0. The topological polar surface area (TPSA) is 41.3 Å². The van der Waals surface area contributed by atoms with Crippen molar-refractivity contribution in [3.8, 4) is 11.5 Å². The van der Waals surface area contributed by atoms with Crippen molar-refractivity contribution in [1.82, 2.24) is 15.2 Å². The lowest BCUT2D eigenvalue weighted by Gasteiger charge is -2.31. The molecule has 0 spiro atoms. The minimum atomic E-state index is 0. The van der Waals surface area contributed by atoms with Gasteiger partial charge < -0.3 is 9.73 Å². The zero-order chi connectivity index (χ0) is 16.1. The third-order valence-electron chi connectivity index (χ3n) is 4.42. The number of rotatable bonds is 6. The number of halogens is 2. The summed E-state index contributed by atoms with van der Waals surface area (Å²) in [5.41, 5.74) is 1.96. The molecule has 0 atom stereocenters. The van der Waals surface area contributed by atoms with Crippen molar-refractivity contribution in [3.05, 3.63) is 41.2 Å². The number of hydrogen-bond acceptors (Lipinski definition) is 4. The van der Waals surface area contributed by atoms with Gasteiger partial charge in [-0.25, -0.2) is 4.98 Å². The second-order valence-corrected chi connectivity index (χ2v) is 6.61. The molecule has 2 heterocycles. The fourth-order valence-electron chi connectivity index (χ4n) is 3.03. The molecule has 0 radical (unpaired) electrons. The summed E-state index contributed by atoms with van der Waals surface area (Å²) in [5.74, 6) is 1.48. The molecule has 4 nitrogen and oxygen atoms in total. The van der Waals surface area contributed by atoms with Gasteiger partial charge in [-0.2, -0.15) is 0 Å². The molecule has 1 aromatic heterocycles. The number of aromatic nitrogens is 1. The fourth-order valence-corrected chi connectivity index (χ4v) is 3.16. The van der Waals surface area contributed by atoms with E-state index < -0.39 is 0 Å². The van der Waals surface area contributed by atoms with Crippen LogP contribution in [-0.4, -0.2) is 36.1 Å². The maximum absolute atomic E-state index is 5.91. The van der Waals surface area contributed by atoms with Gasteiger partial charge in [0.25, 0.3) is 0 Å². The molecule has 1 aromatic carbocycles. The van der Waals surface area contributed by atoms with Crippen molar-refractivity contribution in [2.24, 2.45) is 5.92 Å². The summed E-state index contributed by atoms with van der Waals surface area (Å²) >= 11 is 5.91. The Morgan fingerprint density at radius 1 is 1.25 bits per heavy atom. The van der Waals surface area contributed by atoms with Crippen molar-refractivity contribution in [2.75, 3.05) is 26.2 Å². The molecule has 0 aliphatic carbocycles. The van der Waals surface area contributed by atoms with E-state index in [4.69, 9.17) is 16.0 Å². The Kier molecular flexibility index (Phi) is 7.56. The van der Waals surface area contributed by atoms with Crippen LogP contribution in [0.5, 0.6) is 0 Å². The molecule has 6 heteroatoms. The van der Waals surface area contributed by atoms with Crippen LogP contribution in [0.3, 0.4) is 0 Å². The standard InChI is InChI=1S/C18H24ClN3O.ClH/c1-2-20-11-14-7-9-22(10-8-14)12-17-13-23-18(21-17)15-3-5-16(19)6-4-15;/h3-6,13-14,20H,2,7-12H2,1H3;1H. The largest absolute Gasteiger partial charge is 0.444 e.